The third-order valence-corrected chi connectivity index (χ3v) is 3.83. The number of rotatable bonds is 5. The summed E-state index contributed by atoms with van der Waals surface area (Å²) in [5.41, 5.74) is 2.18. The van der Waals surface area contributed by atoms with E-state index in [-0.39, 0.29) is 30.1 Å². The van der Waals surface area contributed by atoms with Crippen LogP contribution in [0.25, 0.3) is 0 Å². The molecular formula is C15H19NO4. The number of carbonyl (C=O) groups excluding carboxylic acids is 3. The molecule has 1 fully saturated rings. The number of Topliss-reactive ketones (excluding diaryl/α,β-unsaturated/α-hetero) is 2. The summed E-state index contributed by atoms with van der Waals surface area (Å²) in [4.78, 5) is 38.1. The van der Waals surface area contributed by atoms with Gasteiger partial charge < -0.3 is 9.72 Å². The summed E-state index contributed by atoms with van der Waals surface area (Å²) in [5.74, 6) is -0.393. The standard InChI is InChI=1S/C15H19NO4/c1-7-5-11(7)15(19)20-6-12(18)14-8(2)13(10(4)17)9(3)16-14/h7,11,16H,5-6H2,1-4H3/t7-,11-/m1/s1. The highest BCUT2D eigenvalue weighted by Gasteiger charge is 2.40. The Morgan fingerprint density at radius 2 is 1.90 bits per heavy atom. The number of esters is 1. The van der Waals surface area contributed by atoms with Crippen molar-refractivity contribution in [3.8, 4) is 0 Å². The number of hydrogen-bond donors (Lipinski definition) is 1. The topological polar surface area (TPSA) is 76.2 Å². The Hall–Kier alpha value is -1.91. The maximum Gasteiger partial charge on any atom is 0.309 e. The first-order valence-corrected chi connectivity index (χ1v) is 6.72. The molecule has 2 rings (SSSR count). The largest absolute Gasteiger partial charge is 0.457 e. The molecule has 0 aliphatic heterocycles. The molecular weight excluding hydrogens is 258 g/mol. The van der Waals surface area contributed by atoms with E-state index >= 15 is 0 Å². The number of carbonyl (C=O) groups is 3. The maximum atomic E-state index is 12.1. The Bertz CT molecular complexity index is 585. The van der Waals surface area contributed by atoms with Crippen molar-refractivity contribution in [1.82, 2.24) is 4.98 Å². The lowest BCUT2D eigenvalue weighted by molar-refractivity contribution is -0.144. The zero-order chi connectivity index (χ0) is 15.0. The second-order valence-corrected chi connectivity index (χ2v) is 5.53. The van der Waals surface area contributed by atoms with E-state index in [1.807, 2.05) is 6.92 Å². The Balaban J connectivity index is 2.04. The number of hydrogen-bond acceptors (Lipinski definition) is 4. The summed E-state index contributed by atoms with van der Waals surface area (Å²) in [5, 5.41) is 0. The Kier molecular flexibility index (Phi) is 3.79. The molecule has 0 radical (unpaired) electrons. The number of ketones is 2. The van der Waals surface area contributed by atoms with Crippen molar-refractivity contribution in [1.29, 1.82) is 0 Å². The SMILES string of the molecule is CC(=O)c1c(C)[nH]c(C(=O)COC(=O)[C@@H]2C[C@H]2C)c1C. The van der Waals surface area contributed by atoms with E-state index in [0.29, 0.717) is 28.4 Å². The first-order valence-electron chi connectivity index (χ1n) is 6.72. The summed E-state index contributed by atoms with van der Waals surface area (Å²) in [6, 6.07) is 0. The minimum Gasteiger partial charge on any atom is -0.457 e. The molecule has 2 atom stereocenters. The number of aromatic amines is 1. The Labute approximate surface area is 117 Å². The van der Waals surface area contributed by atoms with Crippen LogP contribution in [0.5, 0.6) is 0 Å². The van der Waals surface area contributed by atoms with Crippen molar-refractivity contribution < 1.29 is 19.1 Å². The normalized spacial score (nSPS) is 20.6. The molecule has 1 heterocycles. The molecule has 5 nitrogen and oxygen atoms in total. The number of aryl methyl sites for hydroxylation is 1. The summed E-state index contributed by atoms with van der Waals surface area (Å²) in [6.45, 7) is 6.63. The average Bonchev–Trinajstić information content (AvgIpc) is 3.01. The van der Waals surface area contributed by atoms with Gasteiger partial charge in [0.25, 0.3) is 0 Å². The van der Waals surface area contributed by atoms with Crippen LogP contribution in [0.2, 0.25) is 0 Å². The number of aromatic nitrogens is 1. The minimum absolute atomic E-state index is 0.0537. The lowest BCUT2D eigenvalue weighted by atomic mass is 10.1. The quantitative estimate of drug-likeness (QED) is 0.661. The van der Waals surface area contributed by atoms with Crippen molar-refractivity contribution in [2.45, 2.75) is 34.1 Å². The van der Waals surface area contributed by atoms with E-state index in [1.165, 1.54) is 6.92 Å². The van der Waals surface area contributed by atoms with Crippen LogP contribution < -0.4 is 0 Å². The van der Waals surface area contributed by atoms with Gasteiger partial charge in [0.05, 0.1) is 11.6 Å². The first kappa shape index (κ1) is 14.5. The molecule has 20 heavy (non-hydrogen) atoms. The number of nitrogens with one attached hydrogen (secondary N) is 1. The molecule has 0 spiro atoms. The van der Waals surface area contributed by atoms with Crippen LogP contribution in [-0.2, 0) is 9.53 Å². The summed E-state index contributed by atoms with van der Waals surface area (Å²) >= 11 is 0. The summed E-state index contributed by atoms with van der Waals surface area (Å²) in [7, 11) is 0. The molecule has 0 unspecified atom stereocenters. The van der Waals surface area contributed by atoms with E-state index in [1.54, 1.807) is 13.8 Å². The highest BCUT2D eigenvalue weighted by Crippen LogP contribution is 2.38. The Morgan fingerprint density at radius 3 is 2.35 bits per heavy atom. The predicted molar refractivity (Wildman–Crippen MR) is 72.8 cm³/mol. The van der Waals surface area contributed by atoms with Gasteiger partial charge in [-0.25, -0.2) is 0 Å². The van der Waals surface area contributed by atoms with Gasteiger partial charge in [0.2, 0.25) is 5.78 Å². The van der Waals surface area contributed by atoms with Crippen LogP contribution in [0.3, 0.4) is 0 Å². The van der Waals surface area contributed by atoms with Crippen LogP contribution in [0.4, 0.5) is 0 Å². The molecule has 0 amide bonds. The maximum absolute atomic E-state index is 12.1. The summed E-state index contributed by atoms with van der Waals surface area (Å²) < 4.78 is 5.02. The van der Waals surface area contributed by atoms with Gasteiger partial charge in [-0.1, -0.05) is 6.92 Å². The third kappa shape index (κ3) is 2.66. The molecule has 0 aromatic carbocycles. The van der Waals surface area contributed by atoms with Crippen LogP contribution in [0.1, 0.15) is 52.4 Å². The number of ether oxygens (including phenoxy) is 1. The monoisotopic (exact) mass is 277 g/mol. The van der Waals surface area contributed by atoms with Gasteiger partial charge in [-0.2, -0.15) is 0 Å². The van der Waals surface area contributed by atoms with Crippen molar-refractivity contribution >= 4 is 17.5 Å². The molecule has 108 valence electrons. The molecule has 1 aromatic rings. The van der Waals surface area contributed by atoms with Crippen molar-refractivity contribution in [2.75, 3.05) is 6.61 Å². The minimum atomic E-state index is -0.307. The lowest BCUT2D eigenvalue weighted by Gasteiger charge is -2.03. The van der Waals surface area contributed by atoms with Gasteiger partial charge in [-0.05, 0) is 38.7 Å². The second kappa shape index (κ2) is 5.23. The van der Waals surface area contributed by atoms with Gasteiger partial charge in [-0.3, -0.25) is 14.4 Å². The van der Waals surface area contributed by atoms with Crippen LogP contribution in [0, 0.1) is 25.7 Å². The molecule has 1 N–H and O–H groups in total. The highest BCUT2D eigenvalue weighted by molar-refractivity contribution is 6.04. The molecule has 1 aromatic heterocycles. The van der Waals surface area contributed by atoms with Crippen molar-refractivity contribution in [2.24, 2.45) is 11.8 Å². The zero-order valence-electron chi connectivity index (χ0n) is 12.2. The predicted octanol–water partition coefficient (Wildman–Crippen LogP) is 2.22. The fourth-order valence-electron chi connectivity index (χ4n) is 2.52. The van der Waals surface area contributed by atoms with Crippen LogP contribution in [0.15, 0.2) is 0 Å². The van der Waals surface area contributed by atoms with Gasteiger partial charge in [0.15, 0.2) is 12.4 Å². The smallest absolute Gasteiger partial charge is 0.309 e. The third-order valence-electron chi connectivity index (χ3n) is 3.83. The first-order chi connectivity index (χ1) is 9.32. The lowest BCUT2D eigenvalue weighted by Crippen LogP contribution is -2.16. The zero-order valence-corrected chi connectivity index (χ0v) is 12.2. The van der Waals surface area contributed by atoms with Crippen molar-refractivity contribution in [3.63, 3.8) is 0 Å². The Morgan fingerprint density at radius 1 is 1.30 bits per heavy atom. The van der Waals surface area contributed by atoms with Gasteiger partial charge in [0, 0.05) is 11.3 Å². The molecule has 1 aliphatic rings. The van der Waals surface area contributed by atoms with Gasteiger partial charge in [-0.15, -0.1) is 0 Å². The van der Waals surface area contributed by atoms with Gasteiger partial charge >= 0.3 is 5.97 Å². The fourth-order valence-corrected chi connectivity index (χ4v) is 2.52. The van der Waals surface area contributed by atoms with E-state index in [4.69, 9.17) is 4.74 Å². The van der Waals surface area contributed by atoms with Crippen LogP contribution >= 0.6 is 0 Å². The second-order valence-electron chi connectivity index (χ2n) is 5.53. The van der Waals surface area contributed by atoms with Gasteiger partial charge in [0.1, 0.15) is 0 Å². The van der Waals surface area contributed by atoms with E-state index in [9.17, 15) is 14.4 Å². The fraction of sp³-hybridized carbons (Fsp3) is 0.533. The molecule has 0 bridgehead atoms. The molecule has 0 saturated heterocycles. The van der Waals surface area contributed by atoms with E-state index < -0.39 is 0 Å². The van der Waals surface area contributed by atoms with Crippen molar-refractivity contribution in [3.05, 3.63) is 22.5 Å². The molecule has 1 saturated carbocycles. The average molecular weight is 277 g/mol. The number of H-pyrrole nitrogens is 1. The highest BCUT2D eigenvalue weighted by atomic mass is 16.5. The van der Waals surface area contributed by atoms with Crippen LogP contribution in [-0.4, -0.2) is 29.1 Å². The molecule has 1 aliphatic carbocycles. The van der Waals surface area contributed by atoms with E-state index in [2.05, 4.69) is 4.98 Å². The summed E-state index contributed by atoms with van der Waals surface area (Å²) in [6.07, 6.45) is 0.835. The molecule has 5 heteroatoms. The van der Waals surface area contributed by atoms with E-state index in [0.717, 1.165) is 6.42 Å².